The predicted molar refractivity (Wildman–Crippen MR) is 86.3 cm³/mol. The van der Waals surface area contributed by atoms with Gasteiger partial charge >= 0.3 is 0 Å². The van der Waals surface area contributed by atoms with Crippen LogP contribution in [0.15, 0.2) is 0 Å². The number of rotatable bonds is 5. The van der Waals surface area contributed by atoms with Crippen LogP contribution in [0.2, 0.25) is 0 Å². The van der Waals surface area contributed by atoms with E-state index in [9.17, 15) is 4.79 Å². The summed E-state index contributed by atoms with van der Waals surface area (Å²) in [5.41, 5.74) is 0. The molecular weight excluding hydrogens is 270 g/mol. The molecule has 5 heteroatoms. The van der Waals surface area contributed by atoms with Crippen LogP contribution >= 0.6 is 11.8 Å². The molecule has 0 aromatic heterocycles. The Balaban J connectivity index is 1.64. The minimum atomic E-state index is -0.0349. The lowest BCUT2D eigenvalue weighted by Gasteiger charge is -2.28. The van der Waals surface area contributed by atoms with Crippen LogP contribution in [0.1, 0.15) is 32.6 Å². The van der Waals surface area contributed by atoms with Gasteiger partial charge < -0.3 is 15.1 Å². The Labute approximate surface area is 127 Å². The second-order valence-corrected chi connectivity index (χ2v) is 7.09. The molecule has 2 heterocycles. The summed E-state index contributed by atoms with van der Waals surface area (Å²) >= 11 is 2.04. The van der Waals surface area contributed by atoms with Crippen LogP contribution in [0.25, 0.3) is 0 Å². The molecule has 2 fully saturated rings. The third-order valence-corrected chi connectivity index (χ3v) is 5.21. The minimum Gasteiger partial charge on any atom is -0.341 e. The molecule has 2 aliphatic rings. The first-order chi connectivity index (χ1) is 9.77. The quantitative estimate of drug-likeness (QED) is 0.833. The van der Waals surface area contributed by atoms with Gasteiger partial charge in [0.1, 0.15) is 0 Å². The van der Waals surface area contributed by atoms with Crippen LogP contribution in [0, 0.1) is 0 Å². The average molecular weight is 299 g/mol. The first-order valence-electron chi connectivity index (χ1n) is 8.09. The average Bonchev–Trinajstić information content (AvgIpc) is 2.76. The standard InChI is InChI=1S/C15H29N3OS/c1-14(15(19)18-7-4-2-3-5-8-18)16-6-9-17-10-12-20-13-11-17/h14,16H,2-13H2,1H3. The van der Waals surface area contributed by atoms with Gasteiger partial charge in [-0.1, -0.05) is 12.8 Å². The van der Waals surface area contributed by atoms with Gasteiger partial charge in [0.25, 0.3) is 0 Å². The molecule has 20 heavy (non-hydrogen) atoms. The fourth-order valence-corrected chi connectivity index (χ4v) is 3.89. The number of likely N-dealkylation sites (tertiary alicyclic amines) is 1. The molecule has 0 saturated carbocycles. The Hall–Kier alpha value is -0.260. The second-order valence-electron chi connectivity index (χ2n) is 5.87. The predicted octanol–water partition coefficient (Wildman–Crippen LogP) is 1.42. The number of hydrogen-bond acceptors (Lipinski definition) is 4. The molecule has 4 nitrogen and oxygen atoms in total. The van der Waals surface area contributed by atoms with Gasteiger partial charge in [0.15, 0.2) is 0 Å². The van der Waals surface area contributed by atoms with E-state index in [1.54, 1.807) is 0 Å². The SMILES string of the molecule is CC(NCCN1CCSCC1)C(=O)N1CCCCCC1. The van der Waals surface area contributed by atoms with Crippen LogP contribution in [-0.2, 0) is 4.79 Å². The van der Waals surface area contributed by atoms with E-state index in [2.05, 4.69) is 15.1 Å². The van der Waals surface area contributed by atoms with Gasteiger partial charge in [-0.25, -0.2) is 0 Å². The number of thioether (sulfide) groups is 1. The Kier molecular flexibility index (Phi) is 7.17. The third kappa shape index (κ3) is 5.26. The van der Waals surface area contributed by atoms with E-state index in [0.717, 1.165) is 26.2 Å². The number of carbonyl (C=O) groups excluding carboxylic acids is 1. The Morgan fingerprint density at radius 2 is 1.75 bits per heavy atom. The summed E-state index contributed by atoms with van der Waals surface area (Å²) in [6.07, 6.45) is 4.89. The largest absolute Gasteiger partial charge is 0.341 e. The molecule has 2 aliphatic heterocycles. The highest BCUT2D eigenvalue weighted by Gasteiger charge is 2.21. The zero-order valence-electron chi connectivity index (χ0n) is 12.8. The van der Waals surface area contributed by atoms with Gasteiger partial charge in [-0.2, -0.15) is 11.8 Å². The van der Waals surface area contributed by atoms with Crippen molar-refractivity contribution in [1.29, 1.82) is 0 Å². The summed E-state index contributed by atoms with van der Waals surface area (Å²) < 4.78 is 0. The highest BCUT2D eigenvalue weighted by molar-refractivity contribution is 7.99. The van der Waals surface area contributed by atoms with Crippen LogP contribution in [-0.4, -0.2) is 72.5 Å². The zero-order valence-corrected chi connectivity index (χ0v) is 13.6. The van der Waals surface area contributed by atoms with Crippen LogP contribution in [0.5, 0.6) is 0 Å². The van der Waals surface area contributed by atoms with Crippen LogP contribution in [0.4, 0.5) is 0 Å². The second kappa shape index (κ2) is 8.90. The van der Waals surface area contributed by atoms with Crippen molar-refractivity contribution >= 4 is 17.7 Å². The van der Waals surface area contributed by atoms with Gasteiger partial charge in [0.05, 0.1) is 6.04 Å². The summed E-state index contributed by atoms with van der Waals surface area (Å²) in [6, 6.07) is -0.0349. The summed E-state index contributed by atoms with van der Waals surface area (Å²) in [5.74, 6) is 2.80. The fraction of sp³-hybridized carbons (Fsp3) is 0.933. The zero-order chi connectivity index (χ0) is 14.2. The van der Waals surface area contributed by atoms with Crippen LogP contribution < -0.4 is 5.32 Å². The minimum absolute atomic E-state index is 0.0349. The monoisotopic (exact) mass is 299 g/mol. The molecule has 0 aliphatic carbocycles. The Bertz CT molecular complexity index is 287. The van der Waals surface area contributed by atoms with Crippen LogP contribution in [0.3, 0.4) is 0 Å². The van der Waals surface area contributed by atoms with Gasteiger partial charge in [-0.3, -0.25) is 4.79 Å². The third-order valence-electron chi connectivity index (χ3n) is 4.27. The number of nitrogens with zero attached hydrogens (tertiary/aromatic N) is 2. The van der Waals surface area contributed by atoms with E-state index in [-0.39, 0.29) is 6.04 Å². The highest BCUT2D eigenvalue weighted by Crippen LogP contribution is 2.11. The molecule has 116 valence electrons. The topological polar surface area (TPSA) is 35.6 Å². The maximum Gasteiger partial charge on any atom is 0.239 e. The molecule has 0 bridgehead atoms. The maximum absolute atomic E-state index is 12.4. The molecule has 1 amide bonds. The number of carbonyl (C=O) groups is 1. The van der Waals surface area contributed by atoms with E-state index >= 15 is 0 Å². The van der Waals surface area contributed by atoms with Crippen molar-refractivity contribution in [1.82, 2.24) is 15.1 Å². The van der Waals surface area contributed by atoms with E-state index in [4.69, 9.17) is 0 Å². The first-order valence-corrected chi connectivity index (χ1v) is 9.25. The molecule has 2 saturated heterocycles. The smallest absolute Gasteiger partial charge is 0.239 e. The molecule has 0 aromatic carbocycles. The normalized spacial score (nSPS) is 23.4. The van der Waals surface area contributed by atoms with E-state index < -0.39 is 0 Å². The lowest BCUT2D eigenvalue weighted by atomic mass is 10.2. The van der Waals surface area contributed by atoms with Crippen molar-refractivity contribution < 1.29 is 4.79 Å². The van der Waals surface area contributed by atoms with Crippen molar-refractivity contribution in [2.24, 2.45) is 0 Å². The van der Waals surface area contributed by atoms with Crippen molar-refractivity contribution in [2.75, 3.05) is 50.8 Å². The molecule has 0 spiro atoms. The molecule has 1 N–H and O–H groups in total. The molecular formula is C15H29N3OS. The summed E-state index contributed by atoms with van der Waals surface area (Å²) in [7, 11) is 0. The molecule has 2 rings (SSSR count). The summed E-state index contributed by atoms with van der Waals surface area (Å²) in [6.45, 7) is 8.30. The Morgan fingerprint density at radius 3 is 2.40 bits per heavy atom. The first kappa shape index (κ1) is 16.1. The van der Waals surface area contributed by atoms with Crippen molar-refractivity contribution in [3.05, 3.63) is 0 Å². The van der Waals surface area contributed by atoms with E-state index in [1.807, 2.05) is 18.7 Å². The van der Waals surface area contributed by atoms with E-state index in [1.165, 1.54) is 50.3 Å². The van der Waals surface area contributed by atoms with Gasteiger partial charge in [-0.15, -0.1) is 0 Å². The molecule has 1 unspecified atom stereocenters. The van der Waals surface area contributed by atoms with Crippen molar-refractivity contribution in [3.63, 3.8) is 0 Å². The van der Waals surface area contributed by atoms with E-state index in [0.29, 0.717) is 5.91 Å². The van der Waals surface area contributed by atoms with Crippen molar-refractivity contribution in [3.8, 4) is 0 Å². The summed E-state index contributed by atoms with van der Waals surface area (Å²) in [5, 5.41) is 3.41. The highest BCUT2D eigenvalue weighted by atomic mass is 32.2. The molecule has 0 aromatic rings. The lowest BCUT2D eigenvalue weighted by Crippen LogP contribution is -2.47. The van der Waals surface area contributed by atoms with Gasteiger partial charge in [0, 0.05) is 50.8 Å². The Morgan fingerprint density at radius 1 is 1.10 bits per heavy atom. The van der Waals surface area contributed by atoms with Crippen molar-refractivity contribution in [2.45, 2.75) is 38.6 Å². The molecule has 0 radical (unpaired) electrons. The fourth-order valence-electron chi connectivity index (χ4n) is 2.92. The molecule has 1 atom stereocenters. The number of hydrogen-bond donors (Lipinski definition) is 1. The number of nitrogens with one attached hydrogen (secondary N) is 1. The maximum atomic E-state index is 12.4. The van der Waals surface area contributed by atoms with Gasteiger partial charge in [-0.05, 0) is 19.8 Å². The summed E-state index contributed by atoms with van der Waals surface area (Å²) in [4.78, 5) is 16.9. The lowest BCUT2D eigenvalue weighted by molar-refractivity contribution is -0.133. The van der Waals surface area contributed by atoms with Gasteiger partial charge in [0.2, 0.25) is 5.91 Å². The number of amides is 1.